The maximum absolute atomic E-state index is 12.1. The number of carboxylic acids is 1. The third-order valence-corrected chi connectivity index (χ3v) is 5.19. The number of nitrogens with two attached hydrogens (primary N) is 1. The van der Waals surface area contributed by atoms with Crippen molar-refractivity contribution in [2.45, 2.75) is 0 Å². The molecule has 0 bridgehead atoms. The molecule has 35 heavy (non-hydrogen) atoms. The molecule has 4 rings (SSSR count). The lowest BCUT2D eigenvalue weighted by atomic mass is 10.0. The van der Waals surface area contributed by atoms with Crippen molar-refractivity contribution in [1.82, 2.24) is 15.0 Å². The molecule has 0 aliphatic heterocycles. The second-order valence-electron chi connectivity index (χ2n) is 7.26. The van der Waals surface area contributed by atoms with Gasteiger partial charge in [-0.1, -0.05) is 18.2 Å². The molecule has 0 radical (unpaired) electrons. The molecule has 0 unspecified atom stereocenters. The SMILES string of the molecule is COc1nc(OC)c(-c2ccc3c(Nc4cccc(C(=O)O)c4)c(C(N)=O)cnc3c2)c(OC)n1. The van der Waals surface area contributed by atoms with Crippen LogP contribution in [-0.4, -0.2) is 53.3 Å². The number of amides is 1. The number of aromatic nitrogens is 3. The Morgan fingerprint density at radius 2 is 1.69 bits per heavy atom. The zero-order valence-corrected chi connectivity index (χ0v) is 19.0. The predicted molar refractivity (Wildman–Crippen MR) is 128 cm³/mol. The minimum absolute atomic E-state index is 0.0857. The van der Waals surface area contributed by atoms with Crippen LogP contribution in [0.25, 0.3) is 22.0 Å². The van der Waals surface area contributed by atoms with E-state index in [0.29, 0.717) is 33.4 Å². The van der Waals surface area contributed by atoms with Gasteiger partial charge in [0.2, 0.25) is 11.8 Å². The zero-order valence-electron chi connectivity index (χ0n) is 19.0. The van der Waals surface area contributed by atoms with E-state index >= 15 is 0 Å². The summed E-state index contributed by atoms with van der Waals surface area (Å²) in [6, 6.07) is 11.6. The molecule has 2 aromatic heterocycles. The number of rotatable bonds is 8. The normalized spacial score (nSPS) is 10.6. The van der Waals surface area contributed by atoms with Crippen molar-refractivity contribution in [2.75, 3.05) is 26.6 Å². The molecule has 11 nitrogen and oxygen atoms in total. The molecule has 0 atom stereocenters. The molecular weight excluding hydrogens is 454 g/mol. The molecule has 4 aromatic rings. The highest BCUT2D eigenvalue weighted by Gasteiger charge is 2.21. The Labute approximate surface area is 199 Å². The first-order chi connectivity index (χ1) is 16.9. The van der Waals surface area contributed by atoms with Crippen molar-refractivity contribution in [1.29, 1.82) is 0 Å². The number of carboxylic acid groups (broad SMARTS) is 1. The number of aromatic carboxylic acids is 1. The summed E-state index contributed by atoms with van der Waals surface area (Å²) in [5.74, 6) is -1.28. The maximum Gasteiger partial charge on any atom is 0.335 e. The van der Waals surface area contributed by atoms with Crippen LogP contribution in [0.3, 0.4) is 0 Å². The molecule has 11 heteroatoms. The number of benzene rings is 2. The number of fused-ring (bicyclic) bond motifs is 1. The smallest absolute Gasteiger partial charge is 0.335 e. The fourth-order valence-electron chi connectivity index (χ4n) is 3.58. The number of nitrogens with one attached hydrogen (secondary N) is 1. The average molecular weight is 475 g/mol. The summed E-state index contributed by atoms with van der Waals surface area (Å²) in [6.07, 6.45) is 1.36. The van der Waals surface area contributed by atoms with Crippen LogP contribution in [0.15, 0.2) is 48.7 Å². The number of anilines is 2. The number of carbonyl (C=O) groups excluding carboxylic acids is 1. The molecule has 2 heterocycles. The second kappa shape index (κ2) is 9.51. The minimum Gasteiger partial charge on any atom is -0.480 e. The Kier molecular flexibility index (Phi) is 6.32. The Hall–Kier alpha value is -4.93. The molecule has 0 saturated heterocycles. The van der Waals surface area contributed by atoms with E-state index in [-0.39, 0.29) is 28.9 Å². The lowest BCUT2D eigenvalue weighted by Gasteiger charge is -2.16. The van der Waals surface area contributed by atoms with Crippen LogP contribution in [0.5, 0.6) is 17.8 Å². The van der Waals surface area contributed by atoms with Crippen LogP contribution < -0.4 is 25.3 Å². The summed E-state index contributed by atoms with van der Waals surface area (Å²) < 4.78 is 16.0. The predicted octanol–water partition coefficient (Wildman–Crippen LogP) is 3.26. The van der Waals surface area contributed by atoms with Gasteiger partial charge in [0, 0.05) is 17.3 Å². The van der Waals surface area contributed by atoms with Gasteiger partial charge < -0.3 is 30.4 Å². The van der Waals surface area contributed by atoms with Crippen molar-refractivity contribution in [2.24, 2.45) is 5.73 Å². The number of nitrogens with zero attached hydrogens (tertiary/aromatic N) is 3. The van der Waals surface area contributed by atoms with Crippen LogP contribution >= 0.6 is 0 Å². The van der Waals surface area contributed by atoms with Gasteiger partial charge in [0.05, 0.1) is 43.7 Å². The maximum atomic E-state index is 12.1. The quantitative estimate of drug-likeness (QED) is 0.345. The van der Waals surface area contributed by atoms with E-state index in [2.05, 4.69) is 20.3 Å². The van der Waals surface area contributed by atoms with Gasteiger partial charge in [0.25, 0.3) is 5.91 Å². The molecular formula is C24H21N5O6. The highest BCUT2D eigenvalue weighted by atomic mass is 16.5. The van der Waals surface area contributed by atoms with Gasteiger partial charge in [-0.3, -0.25) is 9.78 Å². The Morgan fingerprint density at radius 3 is 2.29 bits per heavy atom. The average Bonchev–Trinajstić information content (AvgIpc) is 2.87. The van der Waals surface area contributed by atoms with Crippen LogP contribution in [-0.2, 0) is 0 Å². The summed E-state index contributed by atoms with van der Waals surface area (Å²) in [5, 5.41) is 13.0. The van der Waals surface area contributed by atoms with Crippen molar-refractivity contribution in [3.63, 3.8) is 0 Å². The molecule has 4 N–H and O–H groups in total. The van der Waals surface area contributed by atoms with Gasteiger partial charge >= 0.3 is 12.0 Å². The summed E-state index contributed by atoms with van der Waals surface area (Å²) in [6.45, 7) is 0. The largest absolute Gasteiger partial charge is 0.480 e. The molecule has 0 aliphatic carbocycles. The first kappa shape index (κ1) is 23.2. The standard InChI is InChI=1S/C24H21N5O6/c1-33-21-18(22(34-2)29-24(28-21)35-3)12-7-8-15-17(10-12)26-11-16(20(25)30)19(15)27-14-6-4-5-13(9-14)23(31)32/h4-11H,1-3H3,(H2,25,30)(H,26,27)(H,31,32). The van der Waals surface area contributed by atoms with Crippen molar-refractivity contribution in [3.05, 3.63) is 59.8 Å². The number of hydrogen-bond acceptors (Lipinski definition) is 9. The van der Waals surface area contributed by atoms with E-state index in [0.717, 1.165) is 0 Å². The molecule has 0 saturated carbocycles. The first-order valence-corrected chi connectivity index (χ1v) is 10.2. The van der Waals surface area contributed by atoms with E-state index in [9.17, 15) is 14.7 Å². The minimum atomic E-state index is -1.07. The molecule has 0 fully saturated rings. The van der Waals surface area contributed by atoms with Gasteiger partial charge in [0.1, 0.15) is 5.56 Å². The molecule has 0 aliphatic rings. The van der Waals surface area contributed by atoms with E-state index in [1.807, 2.05) is 0 Å². The number of ether oxygens (including phenoxy) is 3. The van der Waals surface area contributed by atoms with Gasteiger partial charge in [-0.25, -0.2) is 4.79 Å². The third-order valence-electron chi connectivity index (χ3n) is 5.19. The first-order valence-electron chi connectivity index (χ1n) is 10.2. The van der Waals surface area contributed by atoms with Crippen molar-refractivity contribution >= 4 is 34.2 Å². The van der Waals surface area contributed by atoms with E-state index < -0.39 is 11.9 Å². The van der Waals surface area contributed by atoms with Gasteiger partial charge in [-0.15, -0.1) is 0 Å². The molecule has 1 amide bonds. The fraction of sp³-hybridized carbons (Fsp3) is 0.125. The van der Waals surface area contributed by atoms with Gasteiger partial charge in [0.15, 0.2) is 0 Å². The number of carbonyl (C=O) groups is 2. The van der Waals surface area contributed by atoms with Gasteiger partial charge in [-0.05, 0) is 29.8 Å². The summed E-state index contributed by atoms with van der Waals surface area (Å²) in [7, 11) is 4.37. The summed E-state index contributed by atoms with van der Waals surface area (Å²) >= 11 is 0. The number of primary amides is 1. The number of pyridine rings is 1. The van der Waals surface area contributed by atoms with E-state index in [4.69, 9.17) is 19.9 Å². The van der Waals surface area contributed by atoms with Crippen LogP contribution in [0.4, 0.5) is 11.4 Å². The van der Waals surface area contributed by atoms with Gasteiger partial charge in [-0.2, -0.15) is 9.97 Å². The Balaban J connectivity index is 1.88. The highest BCUT2D eigenvalue weighted by Crippen LogP contribution is 2.39. The fourth-order valence-corrected chi connectivity index (χ4v) is 3.58. The zero-order chi connectivity index (χ0) is 25.1. The van der Waals surface area contributed by atoms with E-state index in [1.54, 1.807) is 30.3 Å². The lowest BCUT2D eigenvalue weighted by molar-refractivity contribution is 0.0696. The Bertz CT molecular complexity index is 1430. The van der Waals surface area contributed by atoms with Crippen LogP contribution in [0.2, 0.25) is 0 Å². The monoisotopic (exact) mass is 475 g/mol. The Morgan fingerprint density at radius 1 is 0.971 bits per heavy atom. The van der Waals surface area contributed by atoms with Crippen molar-refractivity contribution < 1.29 is 28.9 Å². The lowest BCUT2D eigenvalue weighted by Crippen LogP contribution is -2.14. The summed E-state index contributed by atoms with van der Waals surface area (Å²) in [5.41, 5.74) is 8.34. The number of methoxy groups -OCH3 is 3. The second-order valence-corrected chi connectivity index (χ2v) is 7.26. The van der Waals surface area contributed by atoms with E-state index in [1.165, 1.54) is 39.7 Å². The van der Waals surface area contributed by atoms with Crippen LogP contribution in [0.1, 0.15) is 20.7 Å². The third kappa shape index (κ3) is 4.47. The topological polar surface area (TPSA) is 159 Å². The molecule has 178 valence electrons. The van der Waals surface area contributed by atoms with Crippen molar-refractivity contribution in [3.8, 4) is 28.9 Å². The summed E-state index contributed by atoms with van der Waals surface area (Å²) in [4.78, 5) is 36.4. The molecule has 0 spiro atoms. The molecule has 2 aromatic carbocycles. The van der Waals surface area contributed by atoms with Crippen LogP contribution in [0, 0.1) is 0 Å². The number of hydrogen-bond donors (Lipinski definition) is 3. The highest BCUT2D eigenvalue weighted by molar-refractivity contribution is 6.08.